The maximum atomic E-state index is 11.4. The molecule has 2 heterocycles. The predicted octanol–water partition coefficient (Wildman–Crippen LogP) is 4.32. The highest BCUT2D eigenvalue weighted by molar-refractivity contribution is 7.90. The van der Waals surface area contributed by atoms with Crippen molar-refractivity contribution in [2.45, 2.75) is 45.7 Å². The number of anilines is 2. The third kappa shape index (κ3) is 8.79. The van der Waals surface area contributed by atoms with E-state index in [0.29, 0.717) is 42.1 Å². The largest absolute Gasteiger partial charge is 0.489 e. The third-order valence-electron chi connectivity index (χ3n) is 7.15. The number of hydrogen-bond acceptors (Lipinski definition) is 10. The lowest BCUT2D eigenvalue weighted by molar-refractivity contribution is 0.338. The fourth-order valence-corrected chi connectivity index (χ4v) is 5.59. The highest BCUT2D eigenvalue weighted by atomic mass is 32.2. The highest BCUT2D eigenvalue weighted by Crippen LogP contribution is 2.30. The molecule has 0 aliphatic heterocycles. The van der Waals surface area contributed by atoms with E-state index in [4.69, 9.17) is 14.5 Å². The molecule has 0 unspecified atom stereocenters. The Morgan fingerprint density at radius 1 is 1.10 bits per heavy atom. The van der Waals surface area contributed by atoms with Gasteiger partial charge in [-0.15, -0.1) is 0 Å². The Bertz CT molecular complexity index is 1470. The van der Waals surface area contributed by atoms with Crippen molar-refractivity contribution in [1.82, 2.24) is 15.0 Å². The van der Waals surface area contributed by atoms with E-state index in [1.54, 1.807) is 19.5 Å². The molecule has 1 aliphatic rings. The number of rotatable bonds is 13. The Kier molecular flexibility index (Phi) is 10.00. The summed E-state index contributed by atoms with van der Waals surface area (Å²) in [4.78, 5) is 18.2. The summed E-state index contributed by atoms with van der Waals surface area (Å²) in [7, 11) is 0.573. The molecule has 1 aliphatic carbocycles. The fraction of sp³-hybridized carbons (Fsp3) is 0.467. The number of ether oxygens (including phenoxy) is 2. The number of nitrogens with zero attached hydrogens (tertiary/aromatic N) is 6. The molecule has 3 aromatic rings. The Balaban J connectivity index is 1.64. The standard InChI is InChI=1S/C30H38N6O4S/c1-22-13-24(16-31)15-25(14-22)20-36(30-32-17-26(18-33-30)40-11-12-41(4,37)38)21-27-28(9-10-29(34-27)39-3)35(2)19-23-7-5-6-8-23/h9-10,13-15,17-18,23H,5-8,11-12,19-21H2,1-4H3. The van der Waals surface area contributed by atoms with Crippen molar-refractivity contribution in [3.05, 3.63) is 65.1 Å². The summed E-state index contributed by atoms with van der Waals surface area (Å²) in [5.41, 5.74) is 4.38. The summed E-state index contributed by atoms with van der Waals surface area (Å²) in [5.74, 6) is 1.94. The number of methoxy groups -OCH3 is 1. The van der Waals surface area contributed by atoms with Crippen molar-refractivity contribution in [3.8, 4) is 17.7 Å². The maximum absolute atomic E-state index is 11.4. The van der Waals surface area contributed by atoms with Gasteiger partial charge in [-0.2, -0.15) is 5.26 Å². The zero-order valence-corrected chi connectivity index (χ0v) is 25.0. The van der Waals surface area contributed by atoms with Gasteiger partial charge in [-0.25, -0.2) is 23.4 Å². The SMILES string of the molecule is COc1ccc(N(C)CC2CCCC2)c(CN(Cc2cc(C)cc(C#N)c2)c2ncc(OCCS(C)(=O)=O)cn2)n1. The smallest absolute Gasteiger partial charge is 0.226 e. The van der Waals surface area contributed by atoms with Crippen LogP contribution in [0.1, 0.15) is 48.1 Å². The Hall–Kier alpha value is -3.91. The lowest BCUT2D eigenvalue weighted by atomic mass is 10.1. The average Bonchev–Trinajstić information content (AvgIpc) is 3.45. The number of benzene rings is 1. The van der Waals surface area contributed by atoms with Crippen molar-refractivity contribution in [3.63, 3.8) is 0 Å². The zero-order valence-electron chi connectivity index (χ0n) is 24.2. The molecule has 0 bridgehead atoms. The second-order valence-corrected chi connectivity index (χ2v) is 13.0. The number of pyridine rings is 1. The molecule has 0 N–H and O–H groups in total. The van der Waals surface area contributed by atoms with E-state index >= 15 is 0 Å². The first-order valence-electron chi connectivity index (χ1n) is 13.8. The van der Waals surface area contributed by atoms with Crippen LogP contribution >= 0.6 is 0 Å². The van der Waals surface area contributed by atoms with Gasteiger partial charge in [-0.1, -0.05) is 18.9 Å². The fourth-order valence-electron chi connectivity index (χ4n) is 5.21. The molecular formula is C30H38N6O4S. The van der Waals surface area contributed by atoms with Gasteiger partial charge in [0.1, 0.15) is 6.61 Å². The Morgan fingerprint density at radius 3 is 2.49 bits per heavy atom. The number of sulfone groups is 1. The molecular weight excluding hydrogens is 540 g/mol. The Morgan fingerprint density at radius 2 is 1.83 bits per heavy atom. The van der Waals surface area contributed by atoms with Crippen molar-refractivity contribution in [2.75, 3.05) is 49.1 Å². The molecule has 1 fully saturated rings. The summed E-state index contributed by atoms with van der Waals surface area (Å²) in [5, 5.41) is 9.53. The van der Waals surface area contributed by atoms with Gasteiger partial charge in [-0.05, 0) is 55.0 Å². The lowest BCUT2D eigenvalue weighted by Crippen LogP contribution is -2.29. The van der Waals surface area contributed by atoms with Crippen LogP contribution in [0.25, 0.3) is 0 Å². The molecule has 218 valence electrons. The molecule has 0 saturated heterocycles. The van der Waals surface area contributed by atoms with Crippen molar-refractivity contribution < 1.29 is 17.9 Å². The third-order valence-corrected chi connectivity index (χ3v) is 8.06. The summed E-state index contributed by atoms with van der Waals surface area (Å²) in [6.07, 6.45) is 9.32. The molecule has 1 aromatic carbocycles. The molecule has 4 rings (SSSR count). The molecule has 1 saturated carbocycles. The number of aryl methyl sites for hydroxylation is 1. The molecule has 41 heavy (non-hydrogen) atoms. The minimum absolute atomic E-state index is 0.0237. The quantitative estimate of drug-likeness (QED) is 0.290. The summed E-state index contributed by atoms with van der Waals surface area (Å²) in [6, 6.07) is 11.9. The van der Waals surface area contributed by atoms with Crippen LogP contribution in [0.2, 0.25) is 0 Å². The minimum atomic E-state index is -3.14. The monoisotopic (exact) mass is 578 g/mol. The first-order chi connectivity index (χ1) is 19.6. The summed E-state index contributed by atoms with van der Waals surface area (Å²) in [6.45, 7) is 3.78. The Labute approximate surface area is 242 Å². The molecule has 0 amide bonds. The van der Waals surface area contributed by atoms with Gasteiger partial charge in [0, 0.05) is 32.5 Å². The van der Waals surface area contributed by atoms with E-state index in [1.165, 1.54) is 31.9 Å². The molecule has 11 heteroatoms. The zero-order chi connectivity index (χ0) is 29.4. The summed E-state index contributed by atoms with van der Waals surface area (Å²) < 4.78 is 33.9. The van der Waals surface area contributed by atoms with E-state index in [9.17, 15) is 13.7 Å². The second-order valence-electron chi connectivity index (χ2n) is 10.7. The van der Waals surface area contributed by atoms with Gasteiger partial charge in [0.05, 0.1) is 54.8 Å². The molecule has 10 nitrogen and oxygen atoms in total. The van der Waals surface area contributed by atoms with E-state index < -0.39 is 9.84 Å². The molecule has 2 aromatic heterocycles. The highest BCUT2D eigenvalue weighted by Gasteiger charge is 2.22. The van der Waals surface area contributed by atoms with Gasteiger partial charge < -0.3 is 19.3 Å². The number of hydrogen-bond donors (Lipinski definition) is 0. The molecule has 0 atom stereocenters. The second kappa shape index (κ2) is 13.6. The van der Waals surface area contributed by atoms with E-state index in [2.05, 4.69) is 28.0 Å². The number of aromatic nitrogens is 3. The average molecular weight is 579 g/mol. The number of nitriles is 1. The van der Waals surface area contributed by atoms with Gasteiger partial charge in [0.25, 0.3) is 0 Å². The van der Waals surface area contributed by atoms with E-state index in [0.717, 1.165) is 29.1 Å². The topological polar surface area (TPSA) is 122 Å². The van der Waals surface area contributed by atoms with E-state index in [1.807, 2.05) is 42.2 Å². The van der Waals surface area contributed by atoms with Crippen molar-refractivity contribution in [2.24, 2.45) is 5.92 Å². The normalized spacial score (nSPS) is 13.5. The first-order valence-corrected chi connectivity index (χ1v) is 15.8. The van der Waals surface area contributed by atoms with Crippen molar-refractivity contribution >= 4 is 21.5 Å². The van der Waals surface area contributed by atoms with Crippen LogP contribution in [-0.4, -0.2) is 62.7 Å². The summed E-state index contributed by atoms with van der Waals surface area (Å²) >= 11 is 0. The minimum Gasteiger partial charge on any atom is -0.489 e. The lowest BCUT2D eigenvalue weighted by Gasteiger charge is -2.28. The van der Waals surface area contributed by atoms with Gasteiger partial charge >= 0.3 is 0 Å². The molecule has 0 spiro atoms. The maximum Gasteiger partial charge on any atom is 0.226 e. The molecule has 0 radical (unpaired) electrons. The van der Waals surface area contributed by atoms with Crippen LogP contribution in [0, 0.1) is 24.2 Å². The van der Waals surface area contributed by atoms with Crippen LogP contribution in [-0.2, 0) is 22.9 Å². The van der Waals surface area contributed by atoms with Crippen LogP contribution in [0.15, 0.2) is 42.7 Å². The predicted molar refractivity (Wildman–Crippen MR) is 159 cm³/mol. The van der Waals surface area contributed by atoms with Crippen LogP contribution in [0.3, 0.4) is 0 Å². The van der Waals surface area contributed by atoms with Crippen LogP contribution < -0.4 is 19.3 Å². The van der Waals surface area contributed by atoms with E-state index in [-0.39, 0.29) is 12.4 Å². The van der Waals surface area contributed by atoms with Crippen LogP contribution in [0.5, 0.6) is 11.6 Å². The van der Waals surface area contributed by atoms with Crippen molar-refractivity contribution in [1.29, 1.82) is 5.26 Å². The van der Waals surface area contributed by atoms with Gasteiger partial charge in [0.15, 0.2) is 15.6 Å². The van der Waals surface area contributed by atoms with Crippen LogP contribution in [0.4, 0.5) is 11.6 Å². The van der Waals surface area contributed by atoms with Gasteiger partial charge in [-0.3, -0.25) is 0 Å². The first kappa shape index (κ1) is 30.1. The van der Waals surface area contributed by atoms with Gasteiger partial charge in [0.2, 0.25) is 11.8 Å².